The van der Waals surface area contributed by atoms with Gasteiger partial charge in [-0.3, -0.25) is 4.99 Å². The number of rotatable bonds is 1. The first-order valence-electron chi connectivity index (χ1n) is 2.97. The highest BCUT2D eigenvalue weighted by Crippen LogP contribution is 2.21. The summed E-state index contributed by atoms with van der Waals surface area (Å²) < 4.78 is 1.08. The van der Waals surface area contributed by atoms with Gasteiger partial charge in [-0.05, 0) is 37.4 Å². The highest BCUT2D eigenvalue weighted by Gasteiger charge is 1.93. The maximum absolute atomic E-state index is 3.84. The van der Waals surface area contributed by atoms with Crippen LogP contribution in [0.5, 0.6) is 0 Å². The van der Waals surface area contributed by atoms with E-state index in [0.29, 0.717) is 0 Å². The summed E-state index contributed by atoms with van der Waals surface area (Å²) in [6.07, 6.45) is 0. The Morgan fingerprint density at radius 3 is 2.70 bits per heavy atom. The van der Waals surface area contributed by atoms with E-state index in [1.807, 2.05) is 25.1 Å². The minimum atomic E-state index is 0.947. The van der Waals surface area contributed by atoms with Crippen LogP contribution in [0, 0.1) is 6.92 Å². The van der Waals surface area contributed by atoms with Crippen LogP contribution in [0.2, 0.25) is 0 Å². The van der Waals surface area contributed by atoms with Crippen molar-refractivity contribution in [3.05, 3.63) is 28.2 Å². The molecule has 2 heteroatoms. The van der Waals surface area contributed by atoms with E-state index in [1.165, 1.54) is 0 Å². The zero-order chi connectivity index (χ0) is 7.56. The average molecular weight is 198 g/mol. The number of hydrogen-bond acceptors (Lipinski definition) is 1. The van der Waals surface area contributed by atoms with Gasteiger partial charge in [0, 0.05) is 4.47 Å². The van der Waals surface area contributed by atoms with Gasteiger partial charge in [0.1, 0.15) is 0 Å². The number of aliphatic imine (C=N–C) groups is 1. The fourth-order valence-electron chi connectivity index (χ4n) is 0.796. The van der Waals surface area contributed by atoms with Crippen molar-refractivity contribution in [2.45, 2.75) is 6.92 Å². The maximum Gasteiger partial charge on any atom is 0.0652 e. The number of aryl methyl sites for hydroxylation is 1. The van der Waals surface area contributed by atoms with Crippen molar-refractivity contribution in [1.82, 2.24) is 0 Å². The minimum Gasteiger partial charge on any atom is -0.264 e. The fraction of sp³-hybridized carbons (Fsp3) is 0.125. The van der Waals surface area contributed by atoms with Crippen LogP contribution in [0.3, 0.4) is 0 Å². The van der Waals surface area contributed by atoms with E-state index in [1.54, 1.807) is 0 Å². The molecule has 0 heterocycles. The topological polar surface area (TPSA) is 12.4 Å². The molecule has 10 heavy (non-hydrogen) atoms. The van der Waals surface area contributed by atoms with E-state index in [0.717, 1.165) is 15.7 Å². The van der Waals surface area contributed by atoms with Gasteiger partial charge < -0.3 is 0 Å². The first-order valence-corrected chi connectivity index (χ1v) is 3.76. The third-order valence-electron chi connectivity index (χ3n) is 1.33. The Morgan fingerprint density at radius 2 is 2.20 bits per heavy atom. The van der Waals surface area contributed by atoms with Gasteiger partial charge in [-0.15, -0.1) is 0 Å². The molecule has 0 bridgehead atoms. The normalized spacial score (nSPS) is 9.40. The van der Waals surface area contributed by atoms with Crippen LogP contribution < -0.4 is 0 Å². The smallest absolute Gasteiger partial charge is 0.0652 e. The van der Waals surface area contributed by atoms with E-state index in [-0.39, 0.29) is 0 Å². The molecular weight excluding hydrogens is 190 g/mol. The lowest BCUT2D eigenvalue weighted by Crippen LogP contribution is -1.72. The lowest BCUT2D eigenvalue weighted by Gasteiger charge is -1.97. The average Bonchev–Trinajstić information content (AvgIpc) is 1.88. The lowest BCUT2D eigenvalue weighted by molar-refractivity contribution is 1.40. The van der Waals surface area contributed by atoms with Gasteiger partial charge in [-0.25, -0.2) is 0 Å². The molecule has 0 N–H and O–H groups in total. The summed E-state index contributed by atoms with van der Waals surface area (Å²) in [4.78, 5) is 3.84. The van der Waals surface area contributed by atoms with Crippen LogP contribution in [0.25, 0.3) is 0 Å². The van der Waals surface area contributed by atoms with Crippen LogP contribution in [0.1, 0.15) is 5.56 Å². The van der Waals surface area contributed by atoms with Gasteiger partial charge in [0.2, 0.25) is 0 Å². The highest BCUT2D eigenvalue weighted by atomic mass is 79.9. The number of nitrogens with zero attached hydrogens (tertiary/aromatic N) is 1. The Labute approximate surface area is 68.9 Å². The van der Waals surface area contributed by atoms with Crippen molar-refractivity contribution >= 4 is 28.3 Å². The van der Waals surface area contributed by atoms with Crippen LogP contribution >= 0.6 is 15.9 Å². The quantitative estimate of drug-likeness (QED) is 0.615. The van der Waals surface area contributed by atoms with Gasteiger partial charge in [-0.1, -0.05) is 15.9 Å². The standard InChI is InChI=1S/C8H8BrN/c1-6-5-7(9)3-4-8(6)10-2/h3-5H,2H2,1H3. The number of halogens is 1. The zero-order valence-electron chi connectivity index (χ0n) is 5.76. The Hall–Kier alpha value is -0.630. The molecule has 0 spiro atoms. The van der Waals surface area contributed by atoms with Gasteiger partial charge >= 0.3 is 0 Å². The molecule has 52 valence electrons. The zero-order valence-corrected chi connectivity index (χ0v) is 7.35. The molecule has 0 saturated carbocycles. The summed E-state index contributed by atoms with van der Waals surface area (Å²) >= 11 is 3.36. The molecule has 0 fully saturated rings. The van der Waals surface area contributed by atoms with Crippen molar-refractivity contribution in [2.24, 2.45) is 4.99 Å². The Balaban J connectivity index is 3.19. The Kier molecular flexibility index (Phi) is 2.22. The second-order valence-electron chi connectivity index (χ2n) is 2.09. The molecule has 0 aliphatic heterocycles. The van der Waals surface area contributed by atoms with Gasteiger partial charge in [0.05, 0.1) is 5.69 Å². The van der Waals surface area contributed by atoms with Gasteiger partial charge in [-0.2, -0.15) is 0 Å². The van der Waals surface area contributed by atoms with E-state index < -0.39 is 0 Å². The van der Waals surface area contributed by atoms with Crippen molar-refractivity contribution < 1.29 is 0 Å². The van der Waals surface area contributed by atoms with E-state index in [4.69, 9.17) is 0 Å². The maximum atomic E-state index is 3.84. The third-order valence-corrected chi connectivity index (χ3v) is 1.82. The molecule has 0 radical (unpaired) electrons. The predicted octanol–water partition coefficient (Wildman–Crippen LogP) is 3.09. The molecule has 0 saturated heterocycles. The first-order chi connectivity index (χ1) is 4.74. The predicted molar refractivity (Wildman–Crippen MR) is 48.1 cm³/mol. The lowest BCUT2D eigenvalue weighted by atomic mass is 10.2. The van der Waals surface area contributed by atoms with Crippen LogP contribution in [-0.4, -0.2) is 6.72 Å². The van der Waals surface area contributed by atoms with Gasteiger partial charge in [0.25, 0.3) is 0 Å². The molecule has 0 atom stereocenters. The molecule has 1 aromatic carbocycles. The molecule has 1 nitrogen and oxygen atoms in total. The van der Waals surface area contributed by atoms with E-state index >= 15 is 0 Å². The third kappa shape index (κ3) is 1.45. The van der Waals surface area contributed by atoms with Crippen molar-refractivity contribution in [3.63, 3.8) is 0 Å². The second-order valence-corrected chi connectivity index (χ2v) is 3.00. The van der Waals surface area contributed by atoms with Crippen molar-refractivity contribution in [3.8, 4) is 0 Å². The first kappa shape index (κ1) is 7.48. The summed E-state index contributed by atoms with van der Waals surface area (Å²) in [6, 6.07) is 5.91. The summed E-state index contributed by atoms with van der Waals surface area (Å²) in [5.74, 6) is 0. The van der Waals surface area contributed by atoms with Gasteiger partial charge in [0.15, 0.2) is 0 Å². The summed E-state index contributed by atoms with van der Waals surface area (Å²) in [5.41, 5.74) is 2.09. The molecule has 1 rings (SSSR count). The minimum absolute atomic E-state index is 0.947. The highest BCUT2D eigenvalue weighted by molar-refractivity contribution is 9.10. The summed E-state index contributed by atoms with van der Waals surface area (Å²) in [5, 5.41) is 0. The summed E-state index contributed by atoms with van der Waals surface area (Å²) in [6.45, 7) is 5.46. The molecule has 1 aromatic rings. The van der Waals surface area contributed by atoms with Crippen LogP contribution in [0.4, 0.5) is 5.69 Å². The number of benzene rings is 1. The van der Waals surface area contributed by atoms with Crippen molar-refractivity contribution in [1.29, 1.82) is 0 Å². The molecule has 0 aliphatic rings. The monoisotopic (exact) mass is 197 g/mol. The van der Waals surface area contributed by atoms with Crippen LogP contribution in [0.15, 0.2) is 27.7 Å². The molecular formula is C8H8BrN. The molecule has 0 amide bonds. The SMILES string of the molecule is C=Nc1ccc(Br)cc1C. The Morgan fingerprint density at radius 1 is 1.50 bits per heavy atom. The molecule has 0 unspecified atom stereocenters. The second kappa shape index (κ2) is 2.97. The Bertz CT molecular complexity index is 255. The van der Waals surface area contributed by atoms with Crippen molar-refractivity contribution in [2.75, 3.05) is 0 Å². The van der Waals surface area contributed by atoms with E-state index in [9.17, 15) is 0 Å². The molecule has 0 aliphatic carbocycles. The fourth-order valence-corrected chi connectivity index (χ4v) is 1.27. The number of hydrogen-bond donors (Lipinski definition) is 0. The van der Waals surface area contributed by atoms with Crippen LogP contribution in [-0.2, 0) is 0 Å². The van der Waals surface area contributed by atoms with E-state index in [2.05, 4.69) is 27.6 Å². The molecule has 0 aromatic heterocycles. The largest absolute Gasteiger partial charge is 0.264 e. The summed E-state index contributed by atoms with van der Waals surface area (Å²) in [7, 11) is 0.